The molecule has 0 amide bonds. The van der Waals surface area contributed by atoms with Gasteiger partial charge in [0.1, 0.15) is 12.1 Å². The maximum atomic E-state index is 4.71. The molecule has 3 heterocycles. The van der Waals surface area contributed by atoms with Crippen LogP contribution in [-0.2, 0) is 6.54 Å². The third-order valence-corrected chi connectivity index (χ3v) is 6.32. The second kappa shape index (κ2) is 11.0. The number of hydrogen-bond donors (Lipinski definition) is 1. The van der Waals surface area contributed by atoms with E-state index in [9.17, 15) is 0 Å². The summed E-state index contributed by atoms with van der Waals surface area (Å²) in [5.41, 5.74) is 10.3. The Morgan fingerprint density at radius 3 is 2.74 bits per heavy atom. The van der Waals surface area contributed by atoms with Crippen LogP contribution in [0.15, 0.2) is 78.2 Å². The van der Waals surface area contributed by atoms with Gasteiger partial charge in [-0.1, -0.05) is 48.9 Å². The topological polar surface area (TPSA) is 63.6 Å². The van der Waals surface area contributed by atoms with Crippen LogP contribution in [0, 0.1) is 6.92 Å². The lowest BCUT2D eigenvalue weighted by atomic mass is 10.1. The van der Waals surface area contributed by atoms with Crippen molar-refractivity contribution in [1.29, 1.82) is 0 Å². The Bertz CT molecular complexity index is 1360. The van der Waals surface area contributed by atoms with E-state index in [4.69, 9.17) is 4.98 Å². The molecule has 0 saturated heterocycles. The minimum atomic E-state index is 0.635. The van der Waals surface area contributed by atoms with Gasteiger partial charge >= 0.3 is 0 Å². The molecular weight excluding hydrogens is 438 g/mol. The molecule has 1 N–H and O–H groups in total. The standard InChI is InChI=1S/C28H29N5S/c1-5-7-19(3)13-22(8-6-2)24-11-9-21(15-29-24)16-30-28-20(4)27(31-17-32-28)23-10-12-25-26(14-23)34-18-33-25/h6-15,17-18H,5,16H2,1-4H3,(H,30,31,32)/b8-6-,19-7+,22-13+. The van der Waals surface area contributed by atoms with E-state index < -0.39 is 0 Å². The van der Waals surface area contributed by atoms with Crippen LogP contribution >= 0.6 is 11.3 Å². The smallest absolute Gasteiger partial charge is 0.133 e. The van der Waals surface area contributed by atoms with Gasteiger partial charge in [-0.2, -0.15) is 0 Å². The van der Waals surface area contributed by atoms with Crippen LogP contribution in [0.1, 0.15) is 44.0 Å². The van der Waals surface area contributed by atoms with E-state index in [1.165, 1.54) is 5.57 Å². The molecule has 0 atom stereocenters. The number of rotatable bonds is 8. The molecule has 0 fully saturated rings. The first-order chi connectivity index (χ1) is 16.6. The van der Waals surface area contributed by atoms with Crippen LogP contribution in [0.5, 0.6) is 0 Å². The minimum Gasteiger partial charge on any atom is -0.366 e. The van der Waals surface area contributed by atoms with Gasteiger partial charge in [0.25, 0.3) is 0 Å². The number of fused-ring (bicyclic) bond motifs is 1. The highest BCUT2D eigenvalue weighted by molar-refractivity contribution is 7.16. The van der Waals surface area contributed by atoms with Crippen molar-refractivity contribution >= 4 is 32.9 Å². The molecule has 34 heavy (non-hydrogen) atoms. The Labute approximate surface area is 205 Å². The predicted octanol–water partition coefficient (Wildman–Crippen LogP) is 7.38. The quantitative estimate of drug-likeness (QED) is 0.274. The zero-order chi connectivity index (χ0) is 23.9. The van der Waals surface area contributed by atoms with Gasteiger partial charge in [-0.05, 0) is 51.0 Å². The number of hydrogen-bond acceptors (Lipinski definition) is 6. The number of aromatic nitrogens is 4. The number of thiazole rings is 1. The van der Waals surface area contributed by atoms with E-state index in [2.05, 4.69) is 83.5 Å². The fourth-order valence-corrected chi connectivity index (χ4v) is 4.54. The van der Waals surface area contributed by atoms with E-state index in [1.54, 1.807) is 17.7 Å². The van der Waals surface area contributed by atoms with Crippen LogP contribution < -0.4 is 5.32 Å². The molecule has 0 radical (unpaired) electrons. The molecule has 0 aliphatic rings. The van der Waals surface area contributed by atoms with Crippen molar-refractivity contribution in [2.24, 2.45) is 0 Å². The maximum Gasteiger partial charge on any atom is 0.133 e. The summed E-state index contributed by atoms with van der Waals surface area (Å²) in [5.74, 6) is 0.827. The summed E-state index contributed by atoms with van der Waals surface area (Å²) in [7, 11) is 0. The Morgan fingerprint density at radius 1 is 1.09 bits per heavy atom. The summed E-state index contributed by atoms with van der Waals surface area (Å²) in [5, 5.41) is 3.46. The summed E-state index contributed by atoms with van der Waals surface area (Å²) in [6, 6.07) is 10.4. The van der Waals surface area contributed by atoms with Crippen molar-refractivity contribution in [3.63, 3.8) is 0 Å². The number of nitrogens with one attached hydrogen (secondary N) is 1. The molecule has 0 aliphatic carbocycles. The van der Waals surface area contributed by atoms with E-state index in [1.807, 2.05) is 30.8 Å². The lowest BCUT2D eigenvalue weighted by molar-refractivity contribution is 1.05. The van der Waals surface area contributed by atoms with E-state index in [-0.39, 0.29) is 0 Å². The van der Waals surface area contributed by atoms with Crippen LogP contribution in [0.25, 0.3) is 27.0 Å². The number of pyridine rings is 1. The Balaban J connectivity index is 1.50. The molecule has 4 aromatic rings. The molecule has 0 bridgehead atoms. The van der Waals surface area contributed by atoms with Crippen molar-refractivity contribution in [2.45, 2.75) is 40.7 Å². The van der Waals surface area contributed by atoms with Crippen LogP contribution in [0.2, 0.25) is 0 Å². The molecule has 4 rings (SSSR count). The number of benzene rings is 1. The Morgan fingerprint density at radius 2 is 1.97 bits per heavy atom. The molecule has 3 aromatic heterocycles. The number of allylic oxidation sites excluding steroid dienone is 6. The van der Waals surface area contributed by atoms with Gasteiger partial charge < -0.3 is 5.32 Å². The first-order valence-corrected chi connectivity index (χ1v) is 12.3. The van der Waals surface area contributed by atoms with Gasteiger partial charge in [-0.3, -0.25) is 4.98 Å². The van der Waals surface area contributed by atoms with E-state index >= 15 is 0 Å². The zero-order valence-electron chi connectivity index (χ0n) is 20.0. The van der Waals surface area contributed by atoms with Gasteiger partial charge in [0.05, 0.1) is 27.1 Å². The fourth-order valence-electron chi connectivity index (χ4n) is 3.82. The Hall–Kier alpha value is -3.64. The molecule has 172 valence electrons. The third kappa shape index (κ3) is 5.46. The lowest BCUT2D eigenvalue weighted by Crippen LogP contribution is -2.05. The molecule has 0 spiro atoms. The van der Waals surface area contributed by atoms with Gasteiger partial charge in [0.2, 0.25) is 0 Å². The maximum absolute atomic E-state index is 4.71. The average molecular weight is 468 g/mol. The van der Waals surface area contributed by atoms with Crippen molar-refractivity contribution in [1.82, 2.24) is 19.9 Å². The summed E-state index contributed by atoms with van der Waals surface area (Å²) < 4.78 is 1.16. The van der Waals surface area contributed by atoms with Crippen LogP contribution in [0.4, 0.5) is 5.82 Å². The predicted molar refractivity (Wildman–Crippen MR) is 144 cm³/mol. The molecule has 1 aromatic carbocycles. The summed E-state index contributed by atoms with van der Waals surface area (Å²) in [6.07, 6.45) is 13.1. The first-order valence-electron chi connectivity index (χ1n) is 11.4. The van der Waals surface area contributed by atoms with Gasteiger partial charge in [0, 0.05) is 29.4 Å². The Kier molecular flexibility index (Phi) is 7.60. The normalized spacial score (nSPS) is 12.6. The zero-order valence-corrected chi connectivity index (χ0v) is 20.9. The van der Waals surface area contributed by atoms with Crippen molar-refractivity contribution in [3.05, 3.63) is 95.1 Å². The molecule has 0 saturated carbocycles. The van der Waals surface area contributed by atoms with Crippen molar-refractivity contribution in [3.8, 4) is 11.3 Å². The lowest BCUT2D eigenvalue weighted by Gasteiger charge is -2.12. The van der Waals surface area contributed by atoms with Crippen molar-refractivity contribution < 1.29 is 0 Å². The molecular formula is C28H29N5S. The van der Waals surface area contributed by atoms with Gasteiger partial charge in [-0.15, -0.1) is 11.3 Å². The van der Waals surface area contributed by atoms with Crippen molar-refractivity contribution in [2.75, 3.05) is 5.32 Å². The van der Waals surface area contributed by atoms with Crippen LogP contribution in [-0.4, -0.2) is 19.9 Å². The average Bonchev–Trinajstić information content (AvgIpc) is 3.32. The summed E-state index contributed by atoms with van der Waals surface area (Å²) >= 11 is 1.64. The number of anilines is 1. The van der Waals surface area contributed by atoms with Gasteiger partial charge in [-0.25, -0.2) is 15.0 Å². The molecule has 0 unspecified atom stereocenters. The largest absolute Gasteiger partial charge is 0.366 e. The van der Waals surface area contributed by atoms with Gasteiger partial charge in [0.15, 0.2) is 0 Å². The highest BCUT2D eigenvalue weighted by Crippen LogP contribution is 2.29. The van der Waals surface area contributed by atoms with E-state index in [0.717, 1.165) is 56.1 Å². The first kappa shape index (κ1) is 23.5. The minimum absolute atomic E-state index is 0.635. The SMILES string of the molecule is C\C=C/C(=C\C(C)=C\CC)c1ccc(CNc2ncnc(-c3ccc4ncsc4c3)c2C)cn1. The second-order valence-corrected chi connectivity index (χ2v) is 8.98. The highest BCUT2D eigenvalue weighted by Gasteiger charge is 2.11. The fraction of sp³-hybridized carbons (Fsp3) is 0.214. The molecule has 5 nitrogen and oxygen atoms in total. The monoisotopic (exact) mass is 467 g/mol. The van der Waals surface area contributed by atoms with Crippen LogP contribution in [0.3, 0.4) is 0 Å². The second-order valence-electron chi connectivity index (χ2n) is 8.09. The highest BCUT2D eigenvalue weighted by atomic mass is 32.1. The van der Waals surface area contributed by atoms with E-state index in [0.29, 0.717) is 6.54 Å². The molecule has 0 aliphatic heterocycles. The third-order valence-electron chi connectivity index (χ3n) is 5.52. The molecule has 6 heteroatoms. The summed E-state index contributed by atoms with van der Waals surface area (Å²) in [6.45, 7) is 8.98. The number of nitrogens with zero attached hydrogens (tertiary/aromatic N) is 4. The summed E-state index contributed by atoms with van der Waals surface area (Å²) in [4.78, 5) is 18.1.